The van der Waals surface area contributed by atoms with E-state index in [2.05, 4.69) is 45.5 Å². The quantitative estimate of drug-likeness (QED) is 0.772. The summed E-state index contributed by atoms with van der Waals surface area (Å²) < 4.78 is 1.18. The second kappa shape index (κ2) is 3.42. The van der Waals surface area contributed by atoms with Gasteiger partial charge in [-0.05, 0) is 17.2 Å². The third kappa shape index (κ3) is 1.45. The first-order chi connectivity index (χ1) is 5.88. The molecule has 0 atom stereocenters. The first kappa shape index (κ1) is 8.02. The van der Waals surface area contributed by atoms with Gasteiger partial charge in [-0.15, -0.1) is 0 Å². The van der Waals surface area contributed by atoms with Crippen molar-refractivity contribution in [3.8, 4) is 0 Å². The molecule has 1 aliphatic heterocycles. The molecule has 0 fully saturated rings. The monoisotopic (exact) mass is 223 g/mol. The van der Waals surface area contributed by atoms with Crippen LogP contribution in [-0.4, -0.2) is 13.1 Å². The Labute approximate surface area is 80.6 Å². The summed E-state index contributed by atoms with van der Waals surface area (Å²) in [5.74, 6) is 0. The lowest BCUT2D eigenvalue weighted by Gasteiger charge is -2.03. The second-order valence-electron chi connectivity index (χ2n) is 2.84. The fourth-order valence-electron chi connectivity index (χ4n) is 1.40. The molecule has 0 saturated carbocycles. The van der Waals surface area contributed by atoms with E-state index >= 15 is 0 Å². The van der Waals surface area contributed by atoms with Crippen LogP contribution in [0.1, 0.15) is 5.56 Å². The zero-order valence-electron chi connectivity index (χ0n) is 6.68. The molecule has 1 aromatic rings. The minimum absolute atomic E-state index is 0.989. The molecule has 1 aromatic carbocycles. The summed E-state index contributed by atoms with van der Waals surface area (Å²) in [6.45, 7) is 1.99. The van der Waals surface area contributed by atoms with Crippen molar-refractivity contribution in [3.63, 3.8) is 0 Å². The van der Waals surface area contributed by atoms with E-state index in [0.29, 0.717) is 0 Å². The van der Waals surface area contributed by atoms with E-state index in [1.54, 1.807) is 0 Å². The van der Waals surface area contributed by atoms with Crippen LogP contribution in [0.3, 0.4) is 0 Å². The van der Waals surface area contributed by atoms with Gasteiger partial charge in [-0.25, -0.2) is 0 Å². The summed E-state index contributed by atoms with van der Waals surface area (Å²) in [6, 6.07) is 8.33. The number of hydrogen-bond donors (Lipinski definition) is 1. The molecular weight excluding hydrogens is 214 g/mol. The first-order valence-corrected chi connectivity index (χ1v) is 4.82. The number of hydrogen-bond acceptors (Lipinski definition) is 1. The molecule has 0 spiro atoms. The Morgan fingerprint density at radius 1 is 1.25 bits per heavy atom. The molecule has 1 aliphatic rings. The summed E-state index contributed by atoms with van der Waals surface area (Å²) in [5, 5.41) is 3.28. The van der Waals surface area contributed by atoms with Crippen LogP contribution in [0, 0.1) is 0 Å². The SMILES string of the molecule is Brc1ccccc1C1=CCNC1. The molecule has 0 unspecified atom stereocenters. The van der Waals surface area contributed by atoms with E-state index in [9.17, 15) is 0 Å². The lowest BCUT2D eigenvalue weighted by Crippen LogP contribution is -2.07. The highest BCUT2D eigenvalue weighted by molar-refractivity contribution is 9.10. The summed E-state index contributed by atoms with van der Waals surface area (Å²) in [4.78, 5) is 0. The molecule has 0 aromatic heterocycles. The maximum Gasteiger partial charge on any atom is 0.0250 e. The third-order valence-electron chi connectivity index (χ3n) is 2.03. The van der Waals surface area contributed by atoms with E-state index in [4.69, 9.17) is 0 Å². The van der Waals surface area contributed by atoms with Gasteiger partial charge in [0.2, 0.25) is 0 Å². The van der Waals surface area contributed by atoms with Crippen molar-refractivity contribution in [2.75, 3.05) is 13.1 Å². The molecule has 0 amide bonds. The van der Waals surface area contributed by atoms with Crippen molar-refractivity contribution in [2.24, 2.45) is 0 Å². The standard InChI is InChI=1S/C10H10BrN/c11-10-4-2-1-3-9(10)8-5-6-12-7-8/h1-5,12H,6-7H2. The van der Waals surface area contributed by atoms with Crippen molar-refractivity contribution < 1.29 is 0 Å². The molecule has 2 heteroatoms. The lowest BCUT2D eigenvalue weighted by atomic mass is 10.1. The highest BCUT2D eigenvalue weighted by Crippen LogP contribution is 2.24. The van der Waals surface area contributed by atoms with Gasteiger partial charge in [0.25, 0.3) is 0 Å². The molecule has 0 bridgehead atoms. The molecule has 1 heterocycles. The van der Waals surface area contributed by atoms with Crippen LogP contribution in [0.4, 0.5) is 0 Å². The normalized spacial score (nSPS) is 16.2. The Morgan fingerprint density at radius 3 is 2.75 bits per heavy atom. The van der Waals surface area contributed by atoms with Gasteiger partial charge < -0.3 is 5.32 Å². The van der Waals surface area contributed by atoms with Crippen molar-refractivity contribution >= 4 is 21.5 Å². The molecule has 2 rings (SSSR count). The van der Waals surface area contributed by atoms with Crippen molar-refractivity contribution in [3.05, 3.63) is 40.4 Å². The average molecular weight is 224 g/mol. The molecule has 1 nitrogen and oxygen atoms in total. The minimum Gasteiger partial charge on any atom is -0.309 e. The predicted molar refractivity (Wildman–Crippen MR) is 55.0 cm³/mol. The summed E-state index contributed by atoms with van der Waals surface area (Å²) >= 11 is 3.54. The van der Waals surface area contributed by atoms with Gasteiger partial charge >= 0.3 is 0 Å². The van der Waals surface area contributed by atoms with E-state index in [1.165, 1.54) is 15.6 Å². The molecule has 1 N–H and O–H groups in total. The highest BCUT2D eigenvalue weighted by Gasteiger charge is 2.08. The Bertz CT molecular complexity index is 317. The van der Waals surface area contributed by atoms with Gasteiger partial charge in [-0.2, -0.15) is 0 Å². The highest BCUT2D eigenvalue weighted by atomic mass is 79.9. The van der Waals surface area contributed by atoms with Crippen LogP contribution >= 0.6 is 15.9 Å². The van der Waals surface area contributed by atoms with Crippen LogP contribution in [0.15, 0.2) is 34.8 Å². The number of benzene rings is 1. The zero-order chi connectivity index (χ0) is 8.39. The van der Waals surface area contributed by atoms with E-state index < -0.39 is 0 Å². The van der Waals surface area contributed by atoms with Gasteiger partial charge in [-0.3, -0.25) is 0 Å². The molecule has 0 radical (unpaired) electrons. The largest absolute Gasteiger partial charge is 0.309 e. The van der Waals surface area contributed by atoms with Crippen LogP contribution in [0.25, 0.3) is 5.57 Å². The summed E-state index contributed by atoms with van der Waals surface area (Å²) in [5.41, 5.74) is 2.70. The topological polar surface area (TPSA) is 12.0 Å². The van der Waals surface area contributed by atoms with Gasteiger partial charge in [0.05, 0.1) is 0 Å². The zero-order valence-corrected chi connectivity index (χ0v) is 8.26. The number of halogens is 1. The van der Waals surface area contributed by atoms with E-state index in [1.807, 2.05) is 6.07 Å². The lowest BCUT2D eigenvalue weighted by molar-refractivity contribution is 0.897. The molecule has 0 saturated heterocycles. The summed E-state index contributed by atoms with van der Waals surface area (Å²) in [7, 11) is 0. The fourth-order valence-corrected chi connectivity index (χ4v) is 1.94. The van der Waals surface area contributed by atoms with Crippen molar-refractivity contribution in [1.29, 1.82) is 0 Å². The van der Waals surface area contributed by atoms with Gasteiger partial charge in [0, 0.05) is 17.6 Å². The summed E-state index contributed by atoms with van der Waals surface area (Å²) in [6.07, 6.45) is 2.24. The number of nitrogens with one attached hydrogen (secondary N) is 1. The smallest absolute Gasteiger partial charge is 0.0250 e. The Hall–Kier alpha value is -0.600. The molecule has 0 aliphatic carbocycles. The predicted octanol–water partition coefficient (Wildman–Crippen LogP) is 2.44. The second-order valence-corrected chi connectivity index (χ2v) is 3.69. The van der Waals surface area contributed by atoms with Crippen LogP contribution in [0.2, 0.25) is 0 Å². The van der Waals surface area contributed by atoms with E-state index in [0.717, 1.165) is 13.1 Å². The maximum absolute atomic E-state index is 3.54. The van der Waals surface area contributed by atoms with Gasteiger partial charge in [-0.1, -0.05) is 40.2 Å². The molecule has 12 heavy (non-hydrogen) atoms. The van der Waals surface area contributed by atoms with Crippen molar-refractivity contribution in [2.45, 2.75) is 0 Å². The average Bonchev–Trinajstić information content (AvgIpc) is 2.57. The van der Waals surface area contributed by atoms with Crippen molar-refractivity contribution in [1.82, 2.24) is 5.32 Å². The van der Waals surface area contributed by atoms with Crippen LogP contribution in [0.5, 0.6) is 0 Å². The third-order valence-corrected chi connectivity index (χ3v) is 2.72. The fraction of sp³-hybridized carbons (Fsp3) is 0.200. The Balaban J connectivity index is 2.39. The van der Waals surface area contributed by atoms with E-state index in [-0.39, 0.29) is 0 Å². The Kier molecular flexibility index (Phi) is 2.28. The number of rotatable bonds is 1. The Morgan fingerprint density at radius 2 is 2.08 bits per heavy atom. The molecular formula is C10H10BrN. The van der Waals surface area contributed by atoms with Gasteiger partial charge in [0.15, 0.2) is 0 Å². The van der Waals surface area contributed by atoms with Crippen LogP contribution in [-0.2, 0) is 0 Å². The molecule has 62 valence electrons. The first-order valence-electron chi connectivity index (χ1n) is 4.02. The van der Waals surface area contributed by atoms with Gasteiger partial charge in [0.1, 0.15) is 0 Å². The maximum atomic E-state index is 3.54. The minimum atomic E-state index is 0.989. The van der Waals surface area contributed by atoms with Crippen LogP contribution < -0.4 is 5.32 Å².